The second-order valence-corrected chi connectivity index (χ2v) is 11.1. The van der Waals surface area contributed by atoms with Crippen LogP contribution >= 0.6 is 11.3 Å². The zero-order valence-corrected chi connectivity index (χ0v) is 23.6. The monoisotopic (exact) mass is 590 g/mol. The molecule has 4 nitrogen and oxygen atoms in total. The molecule has 3 aromatic heterocycles. The molecule has 0 aliphatic rings. The molecule has 9 rings (SSSR count). The summed E-state index contributed by atoms with van der Waals surface area (Å²) in [6.45, 7) is 0. The molecular weight excluding hydrogens is 557 g/mol. The van der Waals surface area contributed by atoms with Crippen molar-refractivity contribution >= 4 is 53.3 Å². The van der Waals surface area contributed by atoms with Gasteiger partial charge in [-0.05, 0) is 48.4 Å². The molecule has 0 amide bonds. The fraction of sp³-hybridized carbons (Fsp3) is 0. The summed E-state index contributed by atoms with van der Waals surface area (Å²) in [5.41, 5.74) is 2.94. The molecule has 0 fully saturated rings. The van der Waals surface area contributed by atoms with Gasteiger partial charge in [0.05, 0.1) is 24.7 Å². The fourth-order valence-corrected chi connectivity index (χ4v) is 6.42. The Labute approximate surface area is 271 Å². The Bertz CT molecular complexity index is 2980. The van der Waals surface area contributed by atoms with Crippen molar-refractivity contribution in [3.63, 3.8) is 0 Å². The quantitative estimate of drug-likeness (QED) is 0.205. The van der Waals surface area contributed by atoms with Crippen molar-refractivity contribution in [1.29, 1.82) is 0 Å². The first-order valence-corrected chi connectivity index (χ1v) is 14.6. The zero-order valence-electron chi connectivity index (χ0n) is 32.8. The maximum Gasteiger partial charge on any atom is 0.164 e. The van der Waals surface area contributed by atoms with E-state index in [1.54, 1.807) is 28.8 Å². The van der Waals surface area contributed by atoms with Crippen LogP contribution in [-0.2, 0) is 0 Å². The first-order chi connectivity index (χ1) is 26.0. The highest BCUT2D eigenvalue weighted by molar-refractivity contribution is 7.25. The Morgan fingerprint density at radius 1 is 0.477 bits per heavy atom. The van der Waals surface area contributed by atoms with Gasteiger partial charge in [0, 0.05) is 53.3 Å². The normalized spacial score (nSPS) is 14.8. The third-order valence-electron chi connectivity index (χ3n) is 7.50. The Morgan fingerprint density at radius 3 is 1.70 bits per heavy atom. The molecule has 0 radical (unpaired) electrons. The highest BCUT2D eigenvalue weighted by atomic mass is 32.1. The lowest BCUT2D eigenvalue weighted by atomic mass is 10.1. The van der Waals surface area contributed by atoms with Gasteiger partial charge in [0.15, 0.2) is 17.5 Å². The van der Waals surface area contributed by atoms with Crippen LogP contribution in [0.1, 0.15) is 13.7 Å². The van der Waals surface area contributed by atoms with Crippen molar-refractivity contribution in [2.24, 2.45) is 0 Å². The van der Waals surface area contributed by atoms with Gasteiger partial charge < -0.3 is 4.57 Å². The van der Waals surface area contributed by atoms with E-state index in [2.05, 4.69) is 0 Å². The first-order valence-electron chi connectivity index (χ1n) is 18.8. The molecule has 6 aromatic carbocycles. The lowest BCUT2D eigenvalue weighted by molar-refractivity contribution is 1.07. The molecule has 0 aliphatic carbocycles. The maximum atomic E-state index is 9.52. The van der Waals surface area contributed by atoms with Gasteiger partial charge >= 0.3 is 0 Å². The SMILES string of the molecule is [2H]c1c([2H])c([2H])c2c(sc3c([2H])c4c(c([2H])c32)c2c([2H])c([2H])c([2H])c([2H])c2n4-c2ccc(-c3nc(-c4ccccc4)nc(-c4ccccc4)n3)cc2)c1[2H]. The van der Waals surface area contributed by atoms with Crippen molar-refractivity contribution in [3.8, 4) is 39.9 Å². The Hall–Kier alpha value is -5.65. The van der Waals surface area contributed by atoms with Crippen LogP contribution in [0.5, 0.6) is 0 Å². The lowest BCUT2D eigenvalue weighted by Crippen LogP contribution is -2.00. The van der Waals surface area contributed by atoms with Gasteiger partial charge in [-0.1, -0.05) is 96.9 Å². The van der Waals surface area contributed by atoms with E-state index in [-0.39, 0.29) is 78.2 Å². The maximum absolute atomic E-state index is 9.52. The summed E-state index contributed by atoms with van der Waals surface area (Å²) in [6.07, 6.45) is 0. The minimum absolute atomic E-state index is 0.0399. The highest BCUT2D eigenvalue weighted by Gasteiger charge is 2.16. The average Bonchev–Trinajstić information content (AvgIpc) is 3.79. The first kappa shape index (κ1) is 16.8. The minimum Gasteiger partial charge on any atom is -0.309 e. The highest BCUT2D eigenvalue weighted by Crippen LogP contribution is 2.40. The molecule has 0 saturated carbocycles. The van der Waals surface area contributed by atoms with E-state index in [4.69, 9.17) is 25.9 Å². The molecule has 5 heteroatoms. The summed E-state index contributed by atoms with van der Waals surface area (Å²) < 4.78 is 89.8. The van der Waals surface area contributed by atoms with Crippen molar-refractivity contribution in [3.05, 3.63) is 145 Å². The minimum atomic E-state index is -0.497. The summed E-state index contributed by atoms with van der Waals surface area (Å²) in [5.74, 6) is 1.37. The number of hydrogen-bond donors (Lipinski definition) is 0. The second kappa shape index (κ2) is 9.97. The molecule has 0 N–H and O–H groups in total. The third kappa shape index (κ3) is 4.02. The molecule has 3 heterocycles. The van der Waals surface area contributed by atoms with Crippen molar-refractivity contribution in [2.75, 3.05) is 0 Å². The van der Waals surface area contributed by atoms with E-state index in [1.165, 1.54) is 0 Å². The van der Waals surface area contributed by atoms with E-state index in [0.29, 0.717) is 28.7 Å². The van der Waals surface area contributed by atoms with E-state index in [1.807, 2.05) is 60.7 Å². The topological polar surface area (TPSA) is 43.6 Å². The predicted octanol–water partition coefficient (Wildman–Crippen LogP) is 10.3. The fourth-order valence-electron chi connectivity index (χ4n) is 5.45. The zero-order chi connectivity index (χ0) is 37.7. The van der Waals surface area contributed by atoms with E-state index in [9.17, 15) is 2.74 Å². The standard InChI is InChI=1S/C39H24N4S/c1-3-11-25(12-4-1)37-40-38(26-13-5-2-6-14-26)42-39(41-37)27-19-21-28(22-20-27)43-33-17-9-7-15-29(33)31-23-32-30-16-8-10-18-35(30)44-36(32)24-34(31)43/h1-24H/i7D,8D,9D,10D,15D,16D,17D,18D,23D,24D. The summed E-state index contributed by atoms with van der Waals surface area (Å²) >= 11 is 0.986. The van der Waals surface area contributed by atoms with Gasteiger partial charge in [-0.3, -0.25) is 0 Å². The predicted molar refractivity (Wildman–Crippen MR) is 183 cm³/mol. The smallest absolute Gasteiger partial charge is 0.164 e. The molecule has 0 atom stereocenters. The van der Waals surface area contributed by atoms with Gasteiger partial charge in [-0.15, -0.1) is 11.3 Å². The van der Waals surface area contributed by atoms with E-state index >= 15 is 0 Å². The van der Waals surface area contributed by atoms with E-state index < -0.39 is 24.2 Å². The summed E-state index contributed by atoms with van der Waals surface area (Å²) in [7, 11) is 0. The van der Waals surface area contributed by atoms with Gasteiger partial charge in [0.2, 0.25) is 0 Å². The average molecular weight is 591 g/mol. The summed E-state index contributed by atoms with van der Waals surface area (Å²) in [5, 5.41) is 0.371. The van der Waals surface area contributed by atoms with Gasteiger partial charge in [0.25, 0.3) is 0 Å². The Balaban J connectivity index is 1.33. The second-order valence-electron chi connectivity index (χ2n) is 10.1. The van der Waals surface area contributed by atoms with Crippen LogP contribution in [0.25, 0.3) is 81.8 Å². The number of nitrogens with zero attached hydrogens (tertiary/aromatic N) is 4. The van der Waals surface area contributed by atoms with Crippen molar-refractivity contribution in [1.82, 2.24) is 19.5 Å². The van der Waals surface area contributed by atoms with Crippen LogP contribution in [-0.4, -0.2) is 19.5 Å². The molecule has 0 bridgehead atoms. The van der Waals surface area contributed by atoms with E-state index in [0.717, 1.165) is 22.5 Å². The largest absolute Gasteiger partial charge is 0.309 e. The number of para-hydroxylation sites is 1. The lowest BCUT2D eigenvalue weighted by Gasteiger charge is -2.11. The third-order valence-corrected chi connectivity index (χ3v) is 8.52. The van der Waals surface area contributed by atoms with Gasteiger partial charge in [0.1, 0.15) is 0 Å². The van der Waals surface area contributed by atoms with Crippen LogP contribution in [0, 0.1) is 0 Å². The number of fused-ring (bicyclic) bond motifs is 6. The van der Waals surface area contributed by atoms with Crippen molar-refractivity contribution < 1.29 is 13.7 Å². The molecular formula is C39H24N4S. The number of benzene rings is 6. The Morgan fingerprint density at radius 2 is 1.05 bits per heavy atom. The molecule has 0 aliphatic heterocycles. The molecule has 0 unspecified atom stereocenters. The van der Waals surface area contributed by atoms with Crippen LogP contribution in [0.15, 0.2) is 145 Å². The number of thiophene rings is 1. The molecule has 206 valence electrons. The van der Waals surface area contributed by atoms with Crippen molar-refractivity contribution in [2.45, 2.75) is 0 Å². The number of aromatic nitrogens is 4. The molecule has 0 spiro atoms. The summed E-state index contributed by atoms with van der Waals surface area (Å²) in [4.78, 5) is 14.4. The number of hydrogen-bond acceptors (Lipinski definition) is 4. The van der Waals surface area contributed by atoms with Crippen LogP contribution in [0.4, 0.5) is 0 Å². The molecule has 0 saturated heterocycles. The molecule has 9 aromatic rings. The van der Waals surface area contributed by atoms with Gasteiger partial charge in [-0.2, -0.15) is 0 Å². The van der Waals surface area contributed by atoms with Crippen LogP contribution in [0.2, 0.25) is 0 Å². The number of rotatable bonds is 4. The van der Waals surface area contributed by atoms with Crippen LogP contribution in [0.3, 0.4) is 0 Å². The molecule has 44 heavy (non-hydrogen) atoms. The van der Waals surface area contributed by atoms with Gasteiger partial charge in [-0.25, -0.2) is 15.0 Å². The summed E-state index contributed by atoms with van der Waals surface area (Å²) in [6, 6.07) is 22.7. The Kier molecular flexibility index (Phi) is 3.82. The van der Waals surface area contributed by atoms with Crippen LogP contribution < -0.4 is 0 Å².